The Hall–Kier alpha value is -0.990. The SMILES string of the molecule is CNc1c2c(nc3cc(Cl)cc(Cl)c13)CCC2. The summed E-state index contributed by atoms with van der Waals surface area (Å²) in [6.07, 6.45) is 3.29. The number of nitrogens with one attached hydrogen (secondary N) is 1. The van der Waals surface area contributed by atoms with Crippen LogP contribution in [0, 0.1) is 0 Å². The Morgan fingerprint density at radius 2 is 2.06 bits per heavy atom. The van der Waals surface area contributed by atoms with Gasteiger partial charge in [-0.15, -0.1) is 0 Å². The van der Waals surface area contributed by atoms with Crippen LogP contribution < -0.4 is 5.32 Å². The summed E-state index contributed by atoms with van der Waals surface area (Å²) in [6, 6.07) is 3.65. The summed E-state index contributed by atoms with van der Waals surface area (Å²) in [5.74, 6) is 0. The third kappa shape index (κ3) is 1.67. The molecule has 0 fully saturated rings. The molecule has 0 radical (unpaired) electrons. The molecule has 0 spiro atoms. The Kier molecular flexibility index (Phi) is 2.64. The van der Waals surface area contributed by atoms with Crippen LogP contribution in [0.15, 0.2) is 12.1 Å². The fraction of sp³-hybridized carbons (Fsp3) is 0.308. The van der Waals surface area contributed by atoms with E-state index in [0.29, 0.717) is 10.0 Å². The number of halogens is 2. The van der Waals surface area contributed by atoms with Gasteiger partial charge in [-0.2, -0.15) is 0 Å². The van der Waals surface area contributed by atoms with Crippen LogP contribution in [0.2, 0.25) is 10.0 Å². The largest absolute Gasteiger partial charge is 0.387 e. The maximum absolute atomic E-state index is 6.28. The van der Waals surface area contributed by atoms with Gasteiger partial charge in [0.1, 0.15) is 0 Å². The maximum Gasteiger partial charge on any atom is 0.0756 e. The van der Waals surface area contributed by atoms with Crippen molar-refractivity contribution in [1.29, 1.82) is 0 Å². The highest BCUT2D eigenvalue weighted by atomic mass is 35.5. The van der Waals surface area contributed by atoms with Crippen LogP contribution in [0.5, 0.6) is 0 Å². The lowest BCUT2D eigenvalue weighted by molar-refractivity contribution is 0.901. The van der Waals surface area contributed by atoms with Crippen LogP contribution in [0.4, 0.5) is 5.69 Å². The number of hydrogen-bond acceptors (Lipinski definition) is 2. The second kappa shape index (κ2) is 4.04. The van der Waals surface area contributed by atoms with E-state index in [2.05, 4.69) is 10.3 Å². The Morgan fingerprint density at radius 1 is 1.24 bits per heavy atom. The molecule has 1 aromatic carbocycles. The Labute approximate surface area is 110 Å². The summed E-state index contributed by atoms with van der Waals surface area (Å²) in [4.78, 5) is 4.68. The van der Waals surface area contributed by atoms with Gasteiger partial charge in [0.15, 0.2) is 0 Å². The molecule has 17 heavy (non-hydrogen) atoms. The predicted molar refractivity (Wildman–Crippen MR) is 73.3 cm³/mol. The van der Waals surface area contributed by atoms with E-state index in [1.165, 1.54) is 17.7 Å². The molecule has 0 aliphatic heterocycles. The average molecular weight is 267 g/mol. The summed E-state index contributed by atoms with van der Waals surface area (Å²) in [5, 5.41) is 5.55. The molecule has 0 saturated carbocycles. The molecule has 0 bridgehead atoms. The van der Waals surface area contributed by atoms with Gasteiger partial charge >= 0.3 is 0 Å². The first-order valence-electron chi connectivity index (χ1n) is 5.69. The van der Waals surface area contributed by atoms with E-state index in [4.69, 9.17) is 23.2 Å². The lowest BCUT2D eigenvalue weighted by atomic mass is 10.1. The van der Waals surface area contributed by atoms with Crippen LogP contribution in [0.25, 0.3) is 10.9 Å². The van der Waals surface area contributed by atoms with Crippen molar-refractivity contribution in [2.45, 2.75) is 19.3 Å². The topological polar surface area (TPSA) is 24.9 Å². The minimum atomic E-state index is 0.634. The summed E-state index contributed by atoms with van der Waals surface area (Å²) in [7, 11) is 1.93. The van der Waals surface area contributed by atoms with Crippen molar-refractivity contribution in [2.24, 2.45) is 0 Å². The Balaban J connectivity index is 2.45. The van der Waals surface area contributed by atoms with Crippen LogP contribution in [0.1, 0.15) is 17.7 Å². The summed E-state index contributed by atoms with van der Waals surface area (Å²) in [6.45, 7) is 0. The van der Waals surface area contributed by atoms with Crippen molar-refractivity contribution < 1.29 is 0 Å². The number of anilines is 1. The molecule has 1 aliphatic rings. The quantitative estimate of drug-likeness (QED) is 0.842. The predicted octanol–water partition coefficient (Wildman–Crippen LogP) is 4.07. The number of fused-ring (bicyclic) bond motifs is 2. The number of hydrogen-bond donors (Lipinski definition) is 1. The Bertz CT molecular complexity index is 608. The highest BCUT2D eigenvalue weighted by molar-refractivity contribution is 6.39. The van der Waals surface area contributed by atoms with Gasteiger partial charge in [0, 0.05) is 28.8 Å². The minimum absolute atomic E-state index is 0.634. The fourth-order valence-corrected chi connectivity index (χ4v) is 3.17. The molecule has 0 saturated heterocycles. The van der Waals surface area contributed by atoms with Gasteiger partial charge in [-0.3, -0.25) is 4.98 Å². The molecule has 1 heterocycles. The normalized spacial score (nSPS) is 14.1. The number of aromatic nitrogens is 1. The first-order chi connectivity index (χ1) is 8.20. The van der Waals surface area contributed by atoms with E-state index < -0.39 is 0 Å². The van der Waals surface area contributed by atoms with E-state index in [1.807, 2.05) is 13.1 Å². The highest BCUT2D eigenvalue weighted by Gasteiger charge is 2.20. The van der Waals surface area contributed by atoms with E-state index in [0.717, 1.165) is 29.4 Å². The molecule has 0 unspecified atom stereocenters. The molecule has 1 aromatic heterocycles. The second-order valence-corrected chi connectivity index (χ2v) is 5.14. The highest BCUT2D eigenvalue weighted by Crippen LogP contribution is 2.38. The molecule has 88 valence electrons. The number of nitrogens with zero attached hydrogens (tertiary/aromatic N) is 1. The van der Waals surface area contributed by atoms with Crippen molar-refractivity contribution >= 4 is 39.8 Å². The fourth-order valence-electron chi connectivity index (χ4n) is 2.59. The monoisotopic (exact) mass is 266 g/mol. The molecule has 2 aromatic rings. The minimum Gasteiger partial charge on any atom is -0.387 e. The number of benzene rings is 1. The Morgan fingerprint density at radius 3 is 2.82 bits per heavy atom. The zero-order valence-electron chi connectivity index (χ0n) is 9.48. The third-order valence-electron chi connectivity index (χ3n) is 3.28. The first-order valence-corrected chi connectivity index (χ1v) is 6.44. The van der Waals surface area contributed by atoms with Crippen molar-refractivity contribution in [3.63, 3.8) is 0 Å². The lowest BCUT2D eigenvalue weighted by Crippen LogP contribution is -1.99. The second-order valence-electron chi connectivity index (χ2n) is 4.30. The van der Waals surface area contributed by atoms with E-state index in [9.17, 15) is 0 Å². The summed E-state index contributed by atoms with van der Waals surface area (Å²) in [5.41, 5.74) is 4.49. The number of aryl methyl sites for hydroxylation is 1. The molecule has 0 amide bonds. The average Bonchev–Trinajstić information content (AvgIpc) is 2.73. The number of rotatable bonds is 1. The molecule has 1 aliphatic carbocycles. The van der Waals surface area contributed by atoms with E-state index in [1.54, 1.807) is 6.07 Å². The van der Waals surface area contributed by atoms with Crippen LogP contribution in [-0.4, -0.2) is 12.0 Å². The van der Waals surface area contributed by atoms with Crippen molar-refractivity contribution in [3.8, 4) is 0 Å². The van der Waals surface area contributed by atoms with Gasteiger partial charge in [0.2, 0.25) is 0 Å². The van der Waals surface area contributed by atoms with Gasteiger partial charge in [0.05, 0.1) is 10.5 Å². The smallest absolute Gasteiger partial charge is 0.0756 e. The van der Waals surface area contributed by atoms with E-state index in [-0.39, 0.29) is 0 Å². The zero-order valence-corrected chi connectivity index (χ0v) is 11.0. The van der Waals surface area contributed by atoms with Crippen LogP contribution >= 0.6 is 23.2 Å². The maximum atomic E-state index is 6.28. The van der Waals surface area contributed by atoms with Crippen molar-refractivity contribution in [2.75, 3.05) is 12.4 Å². The van der Waals surface area contributed by atoms with Crippen LogP contribution in [-0.2, 0) is 12.8 Å². The first kappa shape index (κ1) is 11.1. The summed E-state index contributed by atoms with van der Waals surface area (Å²) >= 11 is 12.3. The van der Waals surface area contributed by atoms with Crippen LogP contribution in [0.3, 0.4) is 0 Å². The lowest BCUT2D eigenvalue weighted by Gasteiger charge is -2.13. The van der Waals surface area contributed by atoms with E-state index >= 15 is 0 Å². The van der Waals surface area contributed by atoms with Crippen molar-refractivity contribution in [1.82, 2.24) is 4.98 Å². The molecular formula is C13H12Cl2N2. The van der Waals surface area contributed by atoms with Gasteiger partial charge in [-0.1, -0.05) is 23.2 Å². The molecule has 0 atom stereocenters. The molecule has 1 N–H and O–H groups in total. The number of pyridine rings is 1. The molecule has 4 heteroatoms. The van der Waals surface area contributed by atoms with Crippen molar-refractivity contribution in [3.05, 3.63) is 33.4 Å². The third-order valence-corrected chi connectivity index (χ3v) is 3.80. The van der Waals surface area contributed by atoms with Gasteiger partial charge in [-0.25, -0.2) is 0 Å². The molecular weight excluding hydrogens is 255 g/mol. The van der Waals surface area contributed by atoms with Gasteiger partial charge in [0.25, 0.3) is 0 Å². The van der Waals surface area contributed by atoms with Gasteiger partial charge < -0.3 is 5.32 Å². The molecule has 2 nitrogen and oxygen atoms in total. The standard InChI is InChI=1S/C13H12Cl2N2/c1-16-13-8-3-2-4-10(8)17-11-6-7(14)5-9(15)12(11)13/h5-6H,2-4H2,1H3,(H,16,17). The van der Waals surface area contributed by atoms with Gasteiger partial charge in [-0.05, 0) is 37.0 Å². The molecule has 3 rings (SSSR count). The summed E-state index contributed by atoms with van der Waals surface area (Å²) < 4.78 is 0. The zero-order chi connectivity index (χ0) is 12.0.